The molecule has 4 fully saturated rings. The molecule has 0 aliphatic heterocycles. The first-order chi connectivity index (χ1) is 23.2. The molecule has 0 bridgehead atoms. The van der Waals surface area contributed by atoms with Crippen molar-refractivity contribution >= 4 is 27.5 Å². The van der Waals surface area contributed by atoms with Crippen LogP contribution in [0.15, 0.2) is 66.4 Å². The standard InChI is InChI=1S/C45H60O3/c1-31(30-48-43(46)16-10-26-47-38-19-17-35-27-33-13-5-6-14-34(33)28-36(35)29-38)11-9-12-32(2)40-21-22-41-39-20-18-37-15-7-8-24-44(37,3)42(39)23-25-45(40,41)4/h5-6,13-14,17,19,27-30,32,37,39-42H,7-12,15-16,18,20-26H2,1-4H3/t32-,37?,39+,40-,41+,42+,44+,45-/m1/s1. The van der Waals surface area contributed by atoms with Gasteiger partial charge in [-0.25, -0.2) is 0 Å². The molecule has 4 saturated carbocycles. The summed E-state index contributed by atoms with van der Waals surface area (Å²) in [7, 11) is 0. The van der Waals surface area contributed by atoms with Crippen LogP contribution in [-0.4, -0.2) is 12.6 Å². The maximum atomic E-state index is 12.5. The third-order valence-corrected chi connectivity index (χ3v) is 14.4. The molecule has 3 aromatic rings. The van der Waals surface area contributed by atoms with Crippen LogP contribution in [0, 0.1) is 46.3 Å². The third-order valence-electron chi connectivity index (χ3n) is 14.4. The lowest BCUT2D eigenvalue weighted by atomic mass is 9.44. The summed E-state index contributed by atoms with van der Waals surface area (Å²) in [5.74, 6) is 6.28. The van der Waals surface area contributed by atoms with Gasteiger partial charge in [-0.3, -0.25) is 4.79 Å². The average molecular weight is 649 g/mol. The lowest BCUT2D eigenvalue weighted by molar-refractivity contribution is -0.138. The topological polar surface area (TPSA) is 35.5 Å². The molecule has 1 unspecified atom stereocenters. The van der Waals surface area contributed by atoms with Crippen LogP contribution >= 0.6 is 0 Å². The van der Waals surface area contributed by atoms with Crippen molar-refractivity contribution in [2.75, 3.05) is 6.61 Å². The van der Waals surface area contributed by atoms with Crippen LogP contribution in [0.25, 0.3) is 21.5 Å². The van der Waals surface area contributed by atoms with Gasteiger partial charge in [-0.15, -0.1) is 0 Å². The molecule has 0 heterocycles. The molecule has 4 aliphatic carbocycles. The molecule has 4 aliphatic rings. The molecule has 0 spiro atoms. The Balaban J connectivity index is 0.822. The average Bonchev–Trinajstić information content (AvgIpc) is 3.45. The Labute approximate surface area is 290 Å². The van der Waals surface area contributed by atoms with Crippen molar-refractivity contribution in [1.29, 1.82) is 0 Å². The van der Waals surface area contributed by atoms with Crippen LogP contribution in [-0.2, 0) is 9.53 Å². The van der Waals surface area contributed by atoms with Gasteiger partial charge < -0.3 is 9.47 Å². The number of rotatable bonds is 11. The Morgan fingerprint density at radius 2 is 1.58 bits per heavy atom. The number of hydrogen-bond acceptors (Lipinski definition) is 3. The molecule has 0 radical (unpaired) electrons. The number of carbonyl (C=O) groups is 1. The molecule has 3 nitrogen and oxygen atoms in total. The summed E-state index contributed by atoms with van der Waals surface area (Å²) in [6.45, 7) is 10.6. The Kier molecular flexibility index (Phi) is 9.96. The number of hydrogen-bond donors (Lipinski definition) is 0. The van der Waals surface area contributed by atoms with Gasteiger partial charge in [-0.2, -0.15) is 0 Å². The predicted molar refractivity (Wildman–Crippen MR) is 199 cm³/mol. The van der Waals surface area contributed by atoms with E-state index in [1.54, 1.807) is 6.26 Å². The summed E-state index contributed by atoms with van der Waals surface area (Å²) in [6, 6.07) is 19.1. The van der Waals surface area contributed by atoms with Crippen molar-refractivity contribution in [1.82, 2.24) is 0 Å². The predicted octanol–water partition coefficient (Wildman–Crippen LogP) is 12.5. The van der Waals surface area contributed by atoms with Crippen LogP contribution in [0.4, 0.5) is 0 Å². The van der Waals surface area contributed by atoms with Crippen LogP contribution in [0.2, 0.25) is 0 Å². The van der Waals surface area contributed by atoms with Crippen molar-refractivity contribution in [2.24, 2.45) is 46.3 Å². The highest BCUT2D eigenvalue weighted by atomic mass is 16.5. The summed E-state index contributed by atoms with van der Waals surface area (Å²) in [5.41, 5.74) is 2.36. The largest absolute Gasteiger partial charge is 0.494 e. The highest BCUT2D eigenvalue weighted by Gasteiger charge is 2.60. The first-order valence-corrected chi connectivity index (χ1v) is 19.6. The number of benzene rings is 3. The summed E-state index contributed by atoms with van der Waals surface area (Å²) < 4.78 is 11.5. The Morgan fingerprint density at radius 1 is 0.812 bits per heavy atom. The van der Waals surface area contributed by atoms with Crippen molar-refractivity contribution in [3.05, 3.63) is 66.4 Å². The number of fused-ring (bicyclic) bond motifs is 7. The van der Waals surface area contributed by atoms with E-state index in [1.165, 1.54) is 104 Å². The molecule has 0 aromatic heterocycles. The van der Waals surface area contributed by atoms with Gasteiger partial charge in [0.25, 0.3) is 0 Å². The van der Waals surface area contributed by atoms with Crippen LogP contribution < -0.4 is 4.74 Å². The van der Waals surface area contributed by atoms with E-state index >= 15 is 0 Å². The second-order valence-corrected chi connectivity index (χ2v) is 17.1. The molecule has 0 amide bonds. The minimum Gasteiger partial charge on any atom is -0.494 e. The molecular weight excluding hydrogens is 588 g/mol. The fourth-order valence-electron chi connectivity index (χ4n) is 11.9. The third kappa shape index (κ3) is 6.69. The quantitative estimate of drug-likeness (QED) is 0.0898. The van der Waals surface area contributed by atoms with E-state index in [1.807, 2.05) is 6.07 Å². The fourth-order valence-corrected chi connectivity index (χ4v) is 11.9. The molecule has 258 valence electrons. The van der Waals surface area contributed by atoms with Crippen LogP contribution in [0.3, 0.4) is 0 Å². The zero-order valence-electron chi connectivity index (χ0n) is 30.3. The second-order valence-electron chi connectivity index (χ2n) is 17.1. The van der Waals surface area contributed by atoms with Gasteiger partial charge in [-0.05, 0) is 175 Å². The number of allylic oxidation sites excluding steroid dienone is 1. The van der Waals surface area contributed by atoms with Gasteiger partial charge in [0.2, 0.25) is 0 Å². The molecule has 3 heteroatoms. The molecule has 8 atom stereocenters. The summed E-state index contributed by atoms with van der Waals surface area (Å²) in [6.07, 6.45) is 21.1. The first-order valence-electron chi connectivity index (χ1n) is 19.6. The smallest absolute Gasteiger partial charge is 0.310 e. The molecule has 7 rings (SSSR count). The van der Waals surface area contributed by atoms with E-state index < -0.39 is 0 Å². The summed E-state index contributed by atoms with van der Waals surface area (Å²) in [5, 5.41) is 4.85. The van der Waals surface area contributed by atoms with Crippen molar-refractivity contribution < 1.29 is 14.3 Å². The molecule has 48 heavy (non-hydrogen) atoms. The van der Waals surface area contributed by atoms with Crippen molar-refractivity contribution in [2.45, 2.75) is 124 Å². The first kappa shape index (κ1) is 33.7. The SMILES string of the molecule is CC(=COC(=O)CCCOc1ccc2cc3ccccc3cc2c1)CCC[C@@H](C)[C@H]1CC[C@H]2[C@@H]3CCC4CCCC[C@]4(C)[C@H]3CC[C@]12C. The van der Waals surface area contributed by atoms with Gasteiger partial charge in [-0.1, -0.05) is 70.4 Å². The highest BCUT2D eigenvalue weighted by molar-refractivity contribution is 5.98. The zero-order valence-corrected chi connectivity index (χ0v) is 30.3. The van der Waals surface area contributed by atoms with Gasteiger partial charge in [0.15, 0.2) is 0 Å². The Morgan fingerprint density at radius 3 is 2.42 bits per heavy atom. The number of esters is 1. The maximum Gasteiger partial charge on any atom is 0.310 e. The number of carbonyl (C=O) groups excluding carboxylic acids is 1. The van der Waals surface area contributed by atoms with Gasteiger partial charge in [0, 0.05) is 6.42 Å². The van der Waals surface area contributed by atoms with E-state index in [0.717, 1.165) is 47.7 Å². The van der Waals surface area contributed by atoms with Crippen LogP contribution in [0.1, 0.15) is 124 Å². The van der Waals surface area contributed by atoms with Crippen molar-refractivity contribution in [3.8, 4) is 5.75 Å². The maximum absolute atomic E-state index is 12.5. The van der Waals surface area contributed by atoms with Gasteiger partial charge in [0.1, 0.15) is 5.75 Å². The highest BCUT2D eigenvalue weighted by Crippen LogP contribution is 2.68. The Hall–Kier alpha value is -2.81. The van der Waals surface area contributed by atoms with E-state index in [-0.39, 0.29) is 5.97 Å². The minimum atomic E-state index is -0.173. The monoisotopic (exact) mass is 648 g/mol. The fraction of sp³-hybridized carbons (Fsp3) is 0.622. The number of ether oxygens (including phenoxy) is 2. The second kappa shape index (κ2) is 14.2. The van der Waals surface area contributed by atoms with Crippen molar-refractivity contribution in [3.63, 3.8) is 0 Å². The lowest BCUT2D eigenvalue weighted by Crippen LogP contribution is -2.53. The van der Waals surface area contributed by atoms with Gasteiger partial charge >= 0.3 is 5.97 Å². The normalized spacial score (nSPS) is 32.3. The molecular formula is C45H60O3. The van der Waals surface area contributed by atoms with E-state index in [0.29, 0.717) is 30.3 Å². The summed E-state index contributed by atoms with van der Waals surface area (Å²) in [4.78, 5) is 12.5. The van der Waals surface area contributed by atoms with Crippen LogP contribution in [0.5, 0.6) is 5.75 Å². The van der Waals surface area contributed by atoms with E-state index in [2.05, 4.69) is 76.2 Å². The molecule has 0 N–H and O–H groups in total. The van der Waals surface area contributed by atoms with E-state index in [9.17, 15) is 4.79 Å². The minimum absolute atomic E-state index is 0.173. The zero-order chi connectivity index (χ0) is 33.3. The molecule has 3 aromatic carbocycles. The van der Waals surface area contributed by atoms with Gasteiger partial charge in [0.05, 0.1) is 12.9 Å². The summed E-state index contributed by atoms with van der Waals surface area (Å²) >= 11 is 0. The Bertz CT molecular complexity index is 1620. The van der Waals surface area contributed by atoms with E-state index in [4.69, 9.17) is 9.47 Å². The lowest BCUT2D eigenvalue weighted by Gasteiger charge is -2.61. The molecule has 0 saturated heterocycles.